The van der Waals surface area contributed by atoms with Gasteiger partial charge in [-0.3, -0.25) is 0 Å². The maximum atomic E-state index is 12.8. The van der Waals surface area contributed by atoms with Crippen LogP contribution in [0.2, 0.25) is 5.02 Å². The Labute approximate surface area is 141 Å². The van der Waals surface area contributed by atoms with Crippen LogP contribution < -0.4 is 4.74 Å². The summed E-state index contributed by atoms with van der Waals surface area (Å²) >= 11 is 7.52. The fourth-order valence-electron chi connectivity index (χ4n) is 2.10. The largest absolute Gasteiger partial charge is 0.497 e. The lowest BCUT2D eigenvalue weighted by molar-refractivity contribution is 0.0479. The number of benzene rings is 2. The van der Waals surface area contributed by atoms with Gasteiger partial charge < -0.3 is 9.47 Å². The first-order valence-electron chi connectivity index (χ1n) is 6.76. The second-order valence-corrected chi connectivity index (χ2v) is 6.24. The number of hydrogen-bond acceptors (Lipinski definition) is 4. The zero-order chi connectivity index (χ0) is 16.4. The molecule has 0 aliphatic rings. The summed E-state index contributed by atoms with van der Waals surface area (Å²) in [7, 11) is 1.58. The molecule has 0 N–H and O–H groups in total. The minimum atomic E-state index is -0.500. The van der Waals surface area contributed by atoms with Crippen LogP contribution in [0.3, 0.4) is 0 Å². The van der Waals surface area contributed by atoms with Gasteiger partial charge in [-0.15, -0.1) is 11.3 Å². The van der Waals surface area contributed by atoms with Gasteiger partial charge in [-0.2, -0.15) is 0 Å². The first kappa shape index (κ1) is 15.8. The highest BCUT2D eigenvalue weighted by atomic mass is 35.5. The number of esters is 1. The Morgan fingerprint density at radius 3 is 2.65 bits per heavy atom. The Morgan fingerprint density at radius 1 is 1.22 bits per heavy atom. The van der Waals surface area contributed by atoms with Crippen LogP contribution in [-0.4, -0.2) is 13.1 Å². The number of hydrogen-bond donors (Lipinski definition) is 0. The van der Waals surface area contributed by atoms with Gasteiger partial charge in [-0.25, -0.2) is 9.18 Å². The zero-order valence-electron chi connectivity index (χ0n) is 12.1. The molecule has 2 aromatic carbocycles. The average Bonchev–Trinajstić information content (AvgIpc) is 2.90. The van der Waals surface area contributed by atoms with Gasteiger partial charge in [0.1, 0.15) is 23.1 Å². The summed E-state index contributed by atoms with van der Waals surface area (Å²) in [5, 5.41) is 1.16. The smallest absolute Gasteiger partial charge is 0.350 e. The standard InChI is InChI=1S/C17H12ClFO3S/c1-21-12-6-7-13-14(8-12)23-16(15(13)18)17(20)22-9-10-2-4-11(19)5-3-10/h2-8H,9H2,1H3. The van der Waals surface area contributed by atoms with Crippen LogP contribution in [0.1, 0.15) is 15.2 Å². The molecule has 0 saturated heterocycles. The van der Waals surface area contributed by atoms with Crippen LogP contribution in [0.5, 0.6) is 5.75 Å². The summed E-state index contributed by atoms with van der Waals surface area (Å²) in [6.45, 7) is 0.0625. The van der Waals surface area contributed by atoms with Crippen LogP contribution in [-0.2, 0) is 11.3 Å². The Hall–Kier alpha value is -2.11. The monoisotopic (exact) mass is 350 g/mol. The summed E-state index contributed by atoms with van der Waals surface area (Å²) in [5.41, 5.74) is 0.707. The Kier molecular flexibility index (Phi) is 4.50. The lowest BCUT2D eigenvalue weighted by Gasteiger charge is -2.03. The molecule has 3 nitrogen and oxygen atoms in total. The number of carbonyl (C=O) groups is 1. The van der Waals surface area contributed by atoms with E-state index in [1.165, 1.54) is 23.5 Å². The fourth-order valence-corrected chi connectivity index (χ4v) is 3.53. The number of halogens is 2. The third kappa shape index (κ3) is 3.30. The van der Waals surface area contributed by atoms with Gasteiger partial charge in [-0.1, -0.05) is 23.7 Å². The van der Waals surface area contributed by atoms with Crippen molar-refractivity contribution in [2.45, 2.75) is 6.61 Å². The summed E-state index contributed by atoms with van der Waals surface area (Å²) < 4.78 is 24.1. The highest BCUT2D eigenvalue weighted by molar-refractivity contribution is 7.21. The molecule has 1 aromatic heterocycles. The van der Waals surface area contributed by atoms with Gasteiger partial charge in [0, 0.05) is 10.1 Å². The van der Waals surface area contributed by atoms with E-state index in [1.807, 2.05) is 12.1 Å². The van der Waals surface area contributed by atoms with Crippen molar-refractivity contribution in [1.29, 1.82) is 0 Å². The van der Waals surface area contributed by atoms with E-state index in [4.69, 9.17) is 21.1 Å². The van der Waals surface area contributed by atoms with Crippen LogP contribution in [0.15, 0.2) is 42.5 Å². The van der Waals surface area contributed by atoms with E-state index in [0.29, 0.717) is 21.2 Å². The molecule has 0 radical (unpaired) electrons. The van der Waals surface area contributed by atoms with E-state index in [-0.39, 0.29) is 12.4 Å². The van der Waals surface area contributed by atoms with Gasteiger partial charge in [0.2, 0.25) is 0 Å². The van der Waals surface area contributed by atoms with Crippen LogP contribution in [0.4, 0.5) is 4.39 Å². The lowest BCUT2D eigenvalue weighted by atomic mass is 10.2. The molecule has 0 spiro atoms. The Balaban J connectivity index is 1.80. The van der Waals surface area contributed by atoms with Gasteiger partial charge in [0.05, 0.1) is 12.1 Å². The van der Waals surface area contributed by atoms with Crippen molar-refractivity contribution >= 4 is 39.0 Å². The molecule has 0 aliphatic carbocycles. The molecule has 0 unspecified atom stereocenters. The predicted molar refractivity (Wildman–Crippen MR) is 88.9 cm³/mol. The molecule has 0 atom stereocenters. The third-order valence-electron chi connectivity index (χ3n) is 3.31. The van der Waals surface area contributed by atoms with Crippen molar-refractivity contribution in [1.82, 2.24) is 0 Å². The first-order chi connectivity index (χ1) is 11.1. The van der Waals surface area contributed by atoms with E-state index in [1.54, 1.807) is 25.3 Å². The number of methoxy groups -OCH3 is 1. The molecular formula is C17H12ClFO3S. The second kappa shape index (κ2) is 6.56. The molecule has 1 heterocycles. The van der Waals surface area contributed by atoms with Crippen LogP contribution >= 0.6 is 22.9 Å². The summed E-state index contributed by atoms with van der Waals surface area (Å²) in [6, 6.07) is 11.2. The third-order valence-corrected chi connectivity index (χ3v) is 4.94. The van der Waals surface area contributed by atoms with E-state index in [0.717, 1.165) is 10.1 Å². The van der Waals surface area contributed by atoms with E-state index in [2.05, 4.69) is 0 Å². The number of fused-ring (bicyclic) bond motifs is 1. The first-order valence-corrected chi connectivity index (χ1v) is 7.95. The maximum Gasteiger partial charge on any atom is 0.350 e. The number of rotatable bonds is 4. The van der Waals surface area contributed by atoms with E-state index >= 15 is 0 Å². The SMILES string of the molecule is COc1ccc2c(Cl)c(C(=O)OCc3ccc(F)cc3)sc2c1. The average molecular weight is 351 g/mol. The topological polar surface area (TPSA) is 35.5 Å². The zero-order valence-corrected chi connectivity index (χ0v) is 13.7. The van der Waals surface area contributed by atoms with E-state index in [9.17, 15) is 9.18 Å². The van der Waals surface area contributed by atoms with Crippen molar-refractivity contribution in [3.63, 3.8) is 0 Å². The Morgan fingerprint density at radius 2 is 1.96 bits per heavy atom. The highest BCUT2D eigenvalue weighted by Crippen LogP contribution is 2.37. The molecule has 118 valence electrons. The molecule has 0 fully saturated rings. The molecular weight excluding hydrogens is 339 g/mol. The quantitative estimate of drug-likeness (QED) is 0.617. The van der Waals surface area contributed by atoms with Crippen LogP contribution in [0, 0.1) is 5.82 Å². The van der Waals surface area contributed by atoms with Crippen molar-refractivity contribution < 1.29 is 18.7 Å². The number of thiophene rings is 1. The molecule has 6 heteroatoms. The van der Waals surface area contributed by atoms with Crippen LogP contribution in [0.25, 0.3) is 10.1 Å². The number of carbonyl (C=O) groups excluding carboxylic acids is 1. The number of ether oxygens (including phenoxy) is 2. The van der Waals surface area contributed by atoms with Crippen molar-refractivity contribution in [2.75, 3.05) is 7.11 Å². The van der Waals surface area contributed by atoms with Gasteiger partial charge in [0.15, 0.2) is 0 Å². The lowest BCUT2D eigenvalue weighted by Crippen LogP contribution is -2.03. The molecule has 3 rings (SSSR count). The van der Waals surface area contributed by atoms with Crippen molar-refractivity contribution in [3.05, 3.63) is 63.7 Å². The van der Waals surface area contributed by atoms with Gasteiger partial charge in [0.25, 0.3) is 0 Å². The molecule has 0 amide bonds. The normalized spacial score (nSPS) is 10.7. The molecule has 0 aliphatic heterocycles. The Bertz CT molecular complexity index is 858. The minimum absolute atomic E-state index is 0.0625. The maximum absolute atomic E-state index is 12.8. The molecule has 23 heavy (non-hydrogen) atoms. The van der Waals surface area contributed by atoms with Gasteiger partial charge in [-0.05, 0) is 35.9 Å². The molecule has 0 bridgehead atoms. The van der Waals surface area contributed by atoms with Crippen molar-refractivity contribution in [3.8, 4) is 5.75 Å². The van der Waals surface area contributed by atoms with Gasteiger partial charge >= 0.3 is 5.97 Å². The molecule has 3 aromatic rings. The van der Waals surface area contributed by atoms with E-state index < -0.39 is 5.97 Å². The fraction of sp³-hybridized carbons (Fsp3) is 0.118. The van der Waals surface area contributed by atoms with Crippen molar-refractivity contribution in [2.24, 2.45) is 0 Å². The highest BCUT2D eigenvalue weighted by Gasteiger charge is 2.19. The molecule has 0 saturated carbocycles. The predicted octanol–water partition coefficient (Wildman–Crippen LogP) is 5.06. The minimum Gasteiger partial charge on any atom is -0.497 e. The summed E-state index contributed by atoms with van der Waals surface area (Å²) in [6.07, 6.45) is 0. The second-order valence-electron chi connectivity index (χ2n) is 4.81. The summed E-state index contributed by atoms with van der Waals surface area (Å²) in [5.74, 6) is -0.136. The summed E-state index contributed by atoms with van der Waals surface area (Å²) in [4.78, 5) is 12.6.